The molecule has 2 aromatic rings. The highest BCUT2D eigenvalue weighted by Gasteiger charge is 2.22. The number of rotatable bonds is 3. The molecule has 0 radical (unpaired) electrons. The predicted octanol–water partition coefficient (Wildman–Crippen LogP) is 4.65. The second kappa shape index (κ2) is 6.43. The summed E-state index contributed by atoms with van der Waals surface area (Å²) in [6.07, 6.45) is 1.85. The lowest BCUT2D eigenvalue weighted by atomic mass is 10.2. The van der Waals surface area contributed by atoms with Crippen molar-refractivity contribution >= 4 is 50.4 Å². The second-order valence-corrected chi connectivity index (χ2v) is 7.09. The van der Waals surface area contributed by atoms with Crippen molar-refractivity contribution in [2.75, 3.05) is 0 Å². The second-order valence-electron chi connectivity index (χ2n) is 4.13. The minimum absolute atomic E-state index is 0.0340. The molecule has 0 amide bonds. The molecule has 0 fully saturated rings. The third kappa shape index (κ3) is 3.42. The van der Waals surface area contributed by atoms with Crippen molar-refractivity contribution in [1.82, 2.24) is 0 Å². The van der Waals surface area contributed by atoms with Crippen LogP contribution < -0.4 is 0 Å². The number of thiophene rings is 1. The summed E-state index contributed by atoms with van der Waals surface area (Å²) in [6, 6.07) is 12.2. The maximum absolute atomic E-state index is 11.9. The van der Waals surface area contributed by atoms with Gasteiger partial charge in [-0.1, -0.05) is 42.1 Å². The molecule has 0 saturated heterocycles. The summed E-state index contributed by atoms with van der Waals surface area (Å²) in [7, 11) is 0. The number of hydrogen-bond acceptors (Lipinski definition) is 5. The van der Waals surface area contributed by atoms with Crippen LogP contribution in [0.2, 0.25) is 0 Å². The highest BCUT2D eigenvalue weighted by molar-refractivity contribution is 8.45. The average molecular weight is 317 g/mol. The van der Waals surface area contributed by atoms with Gasteiger partial charge in [0.05, 0.1) is 0 Å². The fourth-order valence-corrected chi connectivity index (χ4v) is 4.10. The number of nitrogens with zero attached hydrogens (tertiary/aromatic N) is 1. The number of thioether (sulfide) groups is 2. The Hall–Kier alpha value is -1.30. The molecule has 0 unspecified atom stereocenters. The lowest BCUT2D eigenvalue weighted by molar-refractivity contribution is -0.107. The molecule has 1 aliphatic rings. The van der Waals surface area contributed by atoms with E-state index in [1.54, 1.807) is 23.1 Å². The van der Waals surface area contributed by atoms with Gasteiger partial charge in [0.2, 0.25) is 5.12 Å². The summed E-state index contributed by atoms with van der Waals surface area (Å²) >= 11 is 4.45. The summed E-state index contributed by atoms with van der Waals surface area (Å²) < 4.78 is 0.834. The number of hydrogen-bond donors (Lipinski definition) is 0. The lowest BCUT2D eigenvalue weighted by Gasteiger charge is -1.98. The molecule has 0 saturated carbocycles. The Morgan fingerprint density at radius 2 is 2.05 bits per heavy atom. The quantitative estimate of drug-likeness (QED) is 0.772. The van der Waals surface area contributed by atoms with Crippen LogP contribution in [-0.4, -0.2) is 9.49 Å². The smallest absolute Gasteiger partial charge is 0.244 e. The molecule has 1 aromatic carbocycles. The van der Waals surface area contributed by atoms with Crippen molar-refractivity contribution in [3.05, 3.63) is 64.0 Å². The van der Waals surface area contributed by atoms with E-state index >= 15 is 0 Å². The van der Waals surface area contributed by atoms with E-state index in [0.29, 0.717) is 5.70 Å². The van der Waals surface area contributed by atoms with E-state index < -0.39 is 0 Å². The fourth-order valence-electron chi connectivity index (χ4n) is 1.69. The Kier molecular flexibility index (Phi) is 4.40. The SMILES string of the molecule is O=C1SC(SCc2ccccc2)=N/C1=C/c1ccsc1. The van der Waals surface area contributed by atoms with E-state index in [9.17, 15) is 4.79 Å². The van der Waals surface area contributed by atoms with Gasteiger partial charge in [0.25, 0.3) is 0 Å². The van der Waals surface area contributed by atoms with Gasteiger partial charge in [-0.3, -0.25) is 4.79 Å². The summed E-state index contributed by atoms with van der Waals surface area (Å²) in [5.74, 6) is 0.839. The summed E-state index contributed by atoms with van der Waals surface area (Å²) in [5.41, 5.74) is 2.82. The number of carbonyl (C=O) groups excluding carboxylic acids is 1. The zero-order chi connectivity index (χ0) is 13.8. The molecule has 5 heteroatoms. The molecule has 100 valence electrons. The molecule has 2 heterocycles. The summed E-state index contributed by atoms with van der Waals surface area (Å²) in [6.45, 7) is 0. The maximum atomic E-state index is 11.9. The Labute approximate surface area is 130 Å². The van der Waals surface area contributed by atoms with Crippen molar-refractivity contribution in [3.8, 4) is 0 Å². The fraction of sp³-hybridized carbons (Fsp3) is 0.0667. The normalized spacial score (nSPS) is 16.7. The van der Waals surface area contributed by atoms with Crippen LogP contribution in [-0.2, 0) is 10.5 Å². The Morgan fingerprint density at radius 3 is 2.80 bits per heavy atom. The third-order valence-corrected chi connectivity index (χ3v) is 5.43. The van der Waals surface area contributed by atoms with E-state index in [-0.39, 0.29) is 5.12 Å². The third-order valence-electron chi connectivity index (χ3n) is 2.65. The first-order chi connectivity index (χ1) is 9.81. The molecule has 0 atom stereocenters. The standard InChI is InChI=1S/C15H11NOS3/c17-14-13(8-12-6-7-18-9-12)16-15(20-14)19-10-11-4-2-1-3-5-11/h1-9H,10H2/b13-8+. The number of benzene rings is 1. The van der Waals surface area contributed by atoms with Crippen LogP contribution in [0.5, 0.6) is 0 Å². The highest BCUT2D eigenvalue weighted by atomic mass is 32.2. The molecule has 3 rings (SSSR count). The van der Waals surface area contributed by atoms with Crippen LogP contribution in [0.1, 0.15) is 11.1 Å². The van der Waals surface area contributed by atoms with Crippen molar-refractivity contribution in [3.63, 3.8) is 0 Å². The van der Waals surface area contributed by atoms with Crippen LogP contribution in [0.3, 0.4) is 0 Å². The van der Waals surface area contributed by atoms with Gasteiger partial charge in [-0.05, 0) is 45.8 Å². The largest absolute Gasteiger partial charge is 0.279 e. The molecule has 0 aliphatic carbocycles. The van der Waals surface area contributed by atoms with E-state index in [2.05, 4.69) is 17.1 Å². The van der Waals surface area contributed by atoms with E-state index in [1.807, 2.05) is 41.1 Å². The predicted molar refractivity (Wildman–Crippen MR) is 90.1 cm³/mol. The van der Waals surface area contributed by atoms with Crippen LogP contribution in [0.15, 0.2) is 57.8 Å². The molecule has 0 N–H and O–H groups in total. The topological polar surface area (TPSA) is 29.4 Å². The first kappa shape index (κ1) is 13.7. The van der Waals surface area contributed by atoms with E-state index in [4.69, 9.17) is 0 Å². The van der Waals surface area contributed by atoms with Crippen LogP contribution in [0.25, 0.3) is 6.08 Å². The van der Waals surface area contributed by atoms with E-state index in [1.165, 1.54) is 17.3 Å². The van der Waals surface area contributed by atoms with Crippen LogP contribution in [0.4, 0.5) is 0 Å². The summed E-state index contributed by atoms with van der Waals surface area (Å²) in [4.78, 5) is 16.3. The van der Waals surface area contributed by atoms with Crippen LogP contribution in [0, 0.1) is 0 Å². The van der Waals surface area contributed by atoms with Gasteiger partial charge in [-0.15, -0.1) is 0 Å². The molecular weight excluding hydrogens is 306 g/mol. The van der Waals surface area contributed by atoms with Crippen molar-refractivity contribution in [1.29, 1.82) is 0 Å². The number of carbonyl (C=O) groups is 1. The van der Waals surface area contributed by atoms with Crippen LogP contribution >= 0.6 is 34.9 Å². The van der Waals surface area contributed by atoms with Gasteiger partial charge in [0.1, 0.15) is 10.1 Å². The molecule has 0 spiro atoms. The summed E-state index contributed by atoms with van der Waals surface area (Å²) in [5, 5.41) is 4.04. The molecule has 1 aromatic heterocycles. The Balaban J connectivity index is 1.68. The zero-order valence-corrected chi connectivity index (χ0v) is 12.9. The minimum atomic E-state index is 0.0340. The van der Waals surface area contributed by atoms with Crippen molar-refractivity contribution in [2.24, 2.45) is 4.99 Å². The van der Waals surface area contributed by atoms with E-state index in [0.717, 1.165) is 15.7 Å². The molecule has 1 aliphatic heterocycles. The molecule has 2 nitrogen and oxygen atoms in total. The lowest BCUT2D eigenvalue weighted by Crippen LogP contribution is -1.87. The van der Waals surface area contributed by atoms with Gasteiger partial charge in [-0.2, -0.15) is 11.3 Å². The molecular formula is C15H11NOS3. The van der Waals surface area contributed by atoms with Gasteiger partial charge >= 0.3 is 0 Å². The minimum Gasteiger partial charge on any atom is -0.279 e. The Bertz CT molecular complexity index is 660. The maximum Gasteiger partial charge on any atom is 0.244 e. The monoisotopic (exact) mass is 317 g/mol. The van der Waals surface area contributed by atoms with Gasteiger partial charge in [0.15, 0.2) is 0 Å². The first-order valence-electron chi connectivity index (χ1n) is 6.03. The zero-order valence-electron chi connectivity index (χ0n) is 10.5. The van der Waals surface area contributed by atoms with Gasteiger partial charge in [-0.25, -0.2) is 4.99 Å². The molecule has 0 bridgehead atoms. The van der Waals surface area contributed by atoms with Gasteiger partial charge in [0, 0.05) is 5.75 Å². The number of aliphatic imine (C=N–C) groups is 1. The van der Waals surface area contributed by atoms with Crippen molar-refractivity contribution < 1.29 is 4.79 Å². The van der Waals surface area contributed by atoms with Crippen molar-refractivity contribution in [2.45, 2.75) is 5.75 Å². The van der Waals surface area contributed by atoms with Gasteiger partial charge < -0.3 is 0 Å². The highest BCUT2D eigenvalue weighted by Crippen LogP contribution is 2.32. The molecule has 20 heavy (non-hydrogen) atoms. The first-order valence-corrected chi connectivity index (χ1v) is 8.77. The average Bonchev–Trinajstić information content (AvgIpc) is 3.09. The Morgan fingerprint density at radius 1 is 1.20 bits per heavy atom.